The Labute approximate surface area is 132 Å². The predicted octanol–water partition coefficient (Wildman–Crippen LogP) is 2.37. The molecule has 1 amide bonds. The summed E-state index contributed by atoms with van der Waals surface area (Å²) in [6.07, 6.45) is 3.33. The molecular weight excluding hydrogens is 279 g/mol. The highest BCUT2D eigenvalue weighted by molar-refractivity contribution is 6.64. The van der Waals surface area contributed by atoms with Gasteiger partial charge in [-0.3, -0.25) is 9.78 Å². The molecule has 0 bridgehead atoms. The zero-order valence-electron chi connectivity index (χ0n) is 14.5. The van der Waals surface area contributed by atoms with Crippen LogP contribution in [0, 0.1) is 5.41 Å². The van der Waals surface area contributed by atoms with Gasteiger partial charge in [0.1, 0.15) is 0 Å². The Bertz CT molecular complexity index is 563. The minimum absolute atomic E-state index is 0.0588. The molecule has 0 saturated carbocycles. The van der Waals surface area contributed by atoms with Gasteiger partial charge in [0, 0.05) is 29.0 Å². The highest BCUT2D eigenvalue weighted by atomic mass is 16.7. The van der Waals surface area contributed by atoms with Crippen molar-refractivity contribution in [1.82, 2.24) is 4.98 Å². The van der Waals surface area contributed by atoms with Crippen molar-refractivity contribution < 1.29 is 14.1 Å². The molecule has 0 radical (unpaired) electrons. The summed E-state index contributed by atoms with van der Waals surface area (Å²) in [6, 6.07) is 1.77. The first kappa shape index (κ1) is 17.0. The van der Waals surface area contributed by atoms with Crippen LogP contribution in [0.3, 0.4) is 0 Å². The summed E-state index contributed by atoms with van der Waals surface area (Å²) < 4.78 is 12.1. The molecule has 2 heterocycles. The number of carbonyl (C=O) groups is 1. The third kappa shape index (κ3) is 3.18. The third-order valence-electron chi connectivity index (χ3n) is 4.29. The standard InChI is InChI=1S/C16H25BN2O3/c1-14(2,3)13(20)19-12-8-9-18-10-11(12)17-21-15(4,5)16(6,7)22-17/h8-10H,1-7H3,(H,18,19,20). The summed E-state index contributed by atoms with van der Waals surface area (Å²) in [5.41, 5.74) is 0.0702. The molecule has 1 aromatic heterocycles. The Balaban J connectivity index is 2.29. The fourth-order valence-electron chi connectivity index (χ4n) is 1.99. The number of amides is 1. The molecule has 1 saturated heterocycles. The van der Waals surface area contributed by atoms with E-state index < -0.39 is 23.7 Å². The molecule has 120 valence electrons. The van der Waals surface area contributed by atoms with Crippen LogP contribution >= 0.6 is 0 Å². The van der Waals surface area contributed by atoms with E-state index in [1.165, 1.54) is 0 Å². The highest BCUT2D eigenvalue weighted by Crippen LogP contribution is 2.37. The van der Waals surface area contributed by atoms with Gasteiger partial charge in [0.05, 0.1) is 11.2 Å². The second kappa shape index (κ2) is 5.35. The van der Waals surface area contributed by atoms with Gasteiger partial charge in [-0.2, -0.15) is 0 Å². The first-order valence-electron chi connectivity index (χ1n) is 7.55. The third-order valence-corrected chi connectivity index (χ3v) is 4.29. The van der Waals surface area contributed by atoms with Crippen LogP contribution in [-0.4, -0.2) is 29.2 Å². The Morgan fingerprint density at radius 2 is 1.73 bits per heavy atom. The lowest BCUT2D eigenvalue weighted by Crippen LogP contribution is -2.41. The number of nitrogens with zero attached hydrogens (tertiary/aromatic N) is 1. The number of anilines is 1. The van der Waals surface area contributed by atoms with E-state index in [4.69, 9.17) is 9.31 Å². The summed E-state index contributed by atoms with van der Waals surface area (Å²) in [5.74, 6) is -0.0588. The van der Waals surface area contributed by atoms with Crippen molar-refractivity contribution in [2.45, 2.75) is 59.7 Å². The molecule has 1 aliphatic rings. The van der Waals surface area contributed by atoms with Crippen LogP contribution in [0.15, 0.2) is 18.5 Å². The molecule has 0 aromatic carbocycles. The van der Waals surface area contributed by atoms with Gasteiger partial charge in [0.2, 0.25) is 5.91 Å². The number of hydrogen-bond donors (Lipinski definition) is 1. The molecule has 2 rings (SSSR count). The maximum Gasteiger partial charge on any atom is 0.498 e. The van der Waals surface area contributed by atoms with Crippen LogP contribution in [0.4, 0.5) is 5.69 Å². The summed E-state index contributed by atoms with van der Waals surface area (Å²) in [6.45, 7) is 13.6. The predicted molar refractivity (Wildman–Crippen MR) is 88.0 cm³/mol. The molecule has 6 heteroatoms. The fourth-order valence-corrected chi connectivity index (χ4v) is 1.99. The maximum atomic E-state index is 12.2. The first-order chi connectivity index (χ1) is 9.94. The molecule has 0 unspecified atom stereocenters. The van der Waals surface area contributed by atoms with Crippen LogP contribution in [0.5, 0.6) is 0 Å². The van der Waals surface area contributed by atoms with E-state index in [-0.39, 0.29) is 5.91 Å². The van der Waals surface area contributed by atoms with Crippen LogP contribution in [0.2, 0.25) is 0 Å². The Hall–Kier alpha value is -1.40. The van der Waals surface area contributed by atoms with E-state index in [1.807, 2.05) is 48.5 Å². The molecule has 1 aromatic rings. The lowest BCUT2D eigenvalue weighted by Gasteiger charge is -2.32. The maximum absolute atomic E-state index is 12.2. The fraction of sp³-hybridized carbons (Fsp3) is 0.625. The summed E-state index contributed by atoms with van der Waals surface area (Å²) in [4.78, 5) is 16.4. The Morgan fingerprint density at radius 3 is 2.23 bits per heavy atom. The van der Waals surface area contributed by atoms with Crippen molar-refractivity contribution in [3.8, 4) is 0 Å². The summed E-state index contributed by atoms with van der Waals surface area (Å²) >= 11 is 0. The van der Waals surface area contributed by atoms with Crippen LogP contribution < -0.4 is 10.8 Å². The summed E-state index contributed by atoms with van der Waals surface area (Å²) in [7, 11) is -0.547. The van der Waals surface area contributed by atoms with Crippen molar-refractivity contribution in [2.75, 3.05) is 5.32 Å². The van der Waals surface area contributed by atoms with Crippen molar-refractivity contribution in [1.29, 1.82) is 0 Å². The monoisotopic (exact) mass is 304 g/mol. The van der Waals surface area contributed by atoms with E-state index in [0.29, 0.717) is 5.69 Å². The van der Waals surface area contributed by atoms with E-state index in [2.05, 4.69) is 10.3 Å². The van der Waals surface area contributed by atoms with Gasteiger partial charge in [-0.25, -0.2) is 0 Å². The van der Waals surface area contributed by atoms with E-state index in [1.54, 1.807) is 18.5 Å². The van der Waals surface area contributed by atoms with Gasteiger partial charge in [-0.15, -0.1) is 0 Å². The lowest BCUT2D eigenvalue weighted by atomic mass is 9.79. The molecule has 0 aliphatic carbocycles. The molecule has 0 atom stereocenters. The number of carbonyl (C=O) groups excluding carboxylic acids is 1. The Kier molecular flexibility index (Phi) is 4.13. The number of nitrogens with one attached hydrogen (secondary N) is 1. The molecule has 0 spiro atoms. The lowest BCUT2D eigenvalue weighted by molar-refractivity contribution is -0.123. The van der Waals surface area contributed by atoms with Gasteiger partial charge in [0.25, 0.3) is 0 Å². The molecule has 22 heavy (non-hydrogen) atoms. The van der Waals surface area contributed by atoms with Crippen molar-refractivity contribution in [2.24, 2.45) is 5.41 Å². The molecule has 5 nitrogen and oxygen atoms in total. The SMILES string of the molecule is CC(C)(C)C(=O)Nc1ccncc1B1OC(C)(C)C(C)(C)O1. The summed E-state index contributed by atoms with van der Waals surface area (Å²) in [5, 5.41) is 2.94. The largest absolute Gasteiger partial charge is 0.498 e. The smallest absolute Gasteiger partial charge is 0.399 e. The number of hydrogen-bond acceptors (Lipinski definition) is 4. The number of pyridine rings is 1. The average Bonchev–Trinajstić information content (AvgIpc) is 2.57. The van der Waals surface area contributed by atoms with Gasteiger partial charge in [0.15, 0.2) is 0 Å². The van der Waals surface area contributed by atoms with Crippen molar-refractivity contribution in [3.05, 3.63) is 18.5 Å². The van der Waals surface area contributed by atoms with Crippen LogP contribution in [0.1, 0.15) is 48.5 Å². The highest BCUT2D eigenvalue weighted by Gasteiger charge is 2.52. The van der Waals surface area contributed by atoms with E-state index in [0.717, 1.165) is 5.46 Å². The van der Waals surface area contributed by atoms with Crippen LogP contribution in [-0.2, 0) is 14.1 Å². The van der Waals surface area contributed by atoms with Crippen LogP contribution in [0.25, 0.3) is 0 Å². The van der Waals surface area contributed by atoms with Crippen molar-refractivity contribution in [3.63, 3.8) is 0 Å². The quantitative estimate of drug-likeness (QED) is 0.852. The molecule has 1 fully saturated rings. The topological polar surface area (TPSA) is 60.5 Å². The second-order valence-corrected chi connectivity index (χ2v) is 7.76. The zero-order valence-corrected chi connectivity index (χ0v) is 14.5. The molecule has 1 aliphatic heterocycles. The second-order valence-electron chi connectivity index (χ2n) is 7.76. The minimum Gasteiger partial charge on any atom is -0.399 e. The number of aromatic nitrogens is 1. The van der Waals surface area contributed by atoms with E-state index >= 15 is 0 Å². The van der Waals surface area contributed by atoms with Gasteiger partial charge in [-0.1, -0.05) is 20.8 Å². The van der Waals surface area contributed by atoms with Gasteiger partial charge < -0.3 is 14.6 Å². The zero-order chi connectivity index (χ0) is 16.8. The first-order valence-corrected chi connectivity index (χ1v) is 7.55. The molecule has 1 N–H and O–H groups in total. The average molecular weight is 304 g/mol. The van der Waals surface area contributed by atoms with Gasteiger partial charge in [-0.05, 0) is 33.8 Å². The van der Waals surface area contributed by atoms with E-state index in [9.17, 15) is 4.79 Å². The van der Waals surface area contributed by atoms with Gasteiger partial charge >= 0.3 is 7.12 Å². The van der Waals surface area contributed by atoms with Crippen molar-refractivity contribution >= 4 is 24.2 Å². The Morgan fingerprint density at radius 1 is 1.18 bits per heavy atom. The molecular formula is C16H25BN2O3. The number of rotatable bonds is 2. The minimum atomic E-state index is -0.547. The normalized spacial score (nSPS) is 20.0.